The van der Waals surface area contributed by atoms with E-state index in [1.54, 1.807) is 30.6 Å². The van der Waals surface area contributed by atoms with E-state index >= 15 is 0 Å². The van der Waals surface area contributed by atoms with Gasteiger partial charge in [0.2, 0.25) is 0 Å². The highest BCUT2D eigenvalue weighted by atomic mass is 35.5. The maximum absolute atomic E-state index is 13.0. The summed E-state index contributed by atoms with van der Waals surface area (Å²) in [6.45, 7) is 8.23. The summed E-state index contributed by atoms with van der Waals surface area (Å²) < 4.78 is 23.2. The van der Waals surface area contributed by atoms with Crippen molar-refractivity contribution < 1.29 is 23.7 Å². The van der Waals surface area contributed by atoms with Gasteiger partial charge in [0.25, 0.3) is 5.91 Å². The molecule has 11 heteroatoms. The molecule has 0 saturated carbocycles. The summed E-state index contributed by atoms with van der Waals surface area (Å²) in [6, 6.07) is 7.17. The molecule has 0 radical (unpaired) electrons. The molecule has 2 aliphatic rings. The Morgan fingerprint density at radius 2 is 2.16 bits per heavy atom. The van der Waals surface area contributed by atoms with Crippen LogP contribution in [0.15, 0.2) is 47.9 Å². The van der Waals surface area contributed by atoms with Crippen molar-refractivity contribution in [1.82, 2.24) is 15.6 Å². The molecule has 1 amide bonds. The summed E-state index contributed by atoms with van der Waals surface area (Å²) in [5.41, 5.74) is 2.28. The van der Waals surface area contributed by atoms with Crippen LogP contribution in [0.4, 0.5) is 5.69 Å². The Bertz CT molecular complexity index is 1210. The lowest BCUT2D eigenvalue weighted by molar-refractivity contribution is -0.181. The largest absolute Gasteiger partial charge is 0.493 e. The minimum atomic E-state index is -0.290. The second-order valence-electron chi connectivity index (χ2n) is 9.83. The van der Waals surface area contributed by atoms with Crippen LogP contribution < -0.4 is 25.4 Å². The van der Waals surface area contributed by atoms with Gasteiger partial charge in [0.05, 0.1) is 48.4 Å². The molecule has 38 heavy (non-hydrogen) atoms. The number of benzene rings is 1. The van der Waals surface area contributed by atoms with Gasteiger partial charge in [-0.3, -0.25) is 9.78 Å². The third-order valence-corrected chi connectivity index (χ3v) is 6.90. The molecule has 2 aromatic rings. The van der Waals surface area contributed by atoms with Crippen molar-refractivity contribution in [3.05, 3.63) is 58.5 Å². The van der Waals surface area contributed by atoms with E-state index in [4.69, 9.17) is 42.8 Å². The van der Waals surface area contributed by atoms with Gasteiger partial charge in [-0.25, -0.2) is 0 Å². The molecule has 3 heterocycles. The first-order valence-corrected chi connectivity index (χ1v) is 13.2. The summed E-state index contributed by atoms with van der Waals surface area (Å²) in [4.78, 5) is 17.4. The second kappa shape index (κ2) is 12.3. The van der Waals surface area contributed by atoms with Crippen LogP contribution in [0.2, 0.25) is 5.02 Å². The van der Waals surface area contributed by atoms with E-state index in [0.717, 1.165) is 11.3 Å². The topological polar surface area (TPSA) is 103 Å². The molecule has 2 unspecified atom stereocenters. The van der Waals surface area contributed by atoms with Crippen LogP contribution in [0.5, 0.6) is 11.5 Å². The molecule has 1 aromatic heterocycles. The Kier molecular flexibility index (Phi) is 9.09. The quantitative estimate of drug-likeness (QED) is 0.394. The summed E-state index contributed by atoms with van der Waals surface area (Å²) in [5, 5.41) is 9.91. The van der Waals surface area contributed by atoms with Gasteiger partial charge in [0, 0.05) is 36.5 Å². The molecule has 0 spiro atoms. The number of thiocarbonyl (C=S) groups is 1. The van der Waals surface area contributed by atoms with Gasteiger partial charge in [0.15, 0.2) is 5.75 Å². The molecule has 204 valence electrons. The van der Waals surface area contributed by atoms with Crippen LogP contribution in [0.1, 0.15) is 26.3 Å². The van der Waals surface area contributed by atoms with Crippen molar-refractivity contribution in [3.8, 4) is 11.5 Å². The van der Waals surface area contributed by atoms with Crippen molar-refractivity contribution in [2.24, 2.45) is 5.92 Å². The number of methoxy groups -OCH3 is 1. The number of halogens is 1. The van der Waals surface area contributed by atoms with Crippen LogP contribution in [0.25, 0.3) is 0 Å². The number of ether oxygens (including phenoxy) is 4. The molecule has 1 fully saturated rings. The molecule has 2 aliphatic heterocycles. The van der Waals surface area contributed by atoms with Crippen LogP contribution >= 0.6 is 23.8 Å². The van der Waals surface area contributed by atoms with Crippen molar-refractivity contribution in [3.63, 3.8) is 0 Å². The minimum Gasteiger partial charge on any atom is -0.493 e. The fraction of sp³-hybridized carbons (Fsp3) is 0.444. The van der Waals surface area contributed by atoms with E-state index in [1.807, 2.05) is 26.8 Å². The Labute approximate surface area is 233 Å². The van der Waals surface area contributed by atoms with Gasteiger partial charge in [-0.05, 0) is 32.0 Å². The maximum atomic E-state index is 13.0. The Hall–Kier alpha value is -2.92. The minimum absolute atomic E-state index is 0.00561. The number of carbonyl (C=O) groups excluding carboxylic acids is 1. The zero-order chi connectivity index (χ0) is 27.3. The number of hydrogen-bond donors (Lipinski definition) is 3. The summed E-state index contributed by atoms with van der Waals surface area (Å²) in [6.07, 6.45) is 3.22. The number of carbonyl (C=O) groups is 1. The molecular formula is C27H33ClN4O5S. The average Bonchev–Trinajstić information content (AvgIpc) is 2.89. The lowest BCUT2D eigenvalue weighted by Crippen LogP contribution is -2.44. The zero-order valence-corrected chi connectivity index (χ0v) is 23.5. The van der Waals surface area contributed by atoms with E-state index in [1.165, 1.54) is 7.11 Å². The zero-order valence-electron chi connectivity index (χ0n) is 21.9. The summed E-state index contributed by atoms with van der Waals surface area (Å²) in [7, 11) is 1.53. The molecule has 1 aromatic carbocycles. The van der Waals surface area contributed by atoms with Crippen LogP contribution in [-0.2, 0) is 20.8 Å². The fourth-order valence-electron chi connectivity index (χ4n) is 4.17. The van der Waals surface area contributed by atoms with Gasteiger partial charge < -0.3 is 34.9 Å². The number of rotatable bonds is 9. The smallest absolute Gasteiger partial charge is 0.256 e. The normalized spacial score (nSPS) is 20.9. The van der Waals surface area contributed by atoms with Crippen molar-refractivity contribution >= 4 is 40.4 Å². The SMILES string of the molecule is COc1c(Cl)cccc1NC(=S)C1=C(NCc2ccncc2OCC2COC(C)(C)CO2)C(C)CNC1=O. The highest BCUT2D eigenvalue weighted by Crippen LogP contribution is 2.33. The van der Waals surface area contributed by atoms with Gasteiger partial charge in [0.1, 0.15) is 23.4 Å². The van der Waals surface area contributed by atoms with Gasteiger partial charge in [-0.1, -0.05) is 36.8 Å². The lowest BCUT2D eigenvalue weighted by atomic mass is 9.97. The van der Waals surface area contributed by atoms with Crippen molar-refractivity contribution in [2.75, 3.05) is 38.8 Å². The highest BCUT2D eigenvalue weighted by molar-refractivity contribution is 7.81. The number of pyridine rings is 1. The number of nitrogens with zero attached hydrogens (tertiary/aromatic N) is 1. The standard InChI is InChI=1S/C27H33ClN4O5S/c1-16-10-31-25(33)22(26(38)32-20-7-5-6-19(28)24(20)34-4)23(16)30-11-17-8-9-29-12-21(17)35-13-18-14-37-27(2,3)15-36-18/h5-9,12,16,18,30H,10-11,13-15H2,1-4H3,(H,31,33)(H,32,38). The third-order valence-electron chi connectivity index (χ3n) is 6.30. The molecule has 0 bridgehead atoms. The van der Waals surface area contributed by atoms with Gasteiger partial charge >= 0.3 is 0 Å². The average molecular weight is 561 g/mol. The predicted octanol–water partition coefficient (Wildman–Crippen LogP) is 3.87. The monoisotopic (exact) mass is 560 g/mol. The molecule has 1 saturated heterocycles. The maximum Gasteiger partial charge on any atom is 0.256 e. The number of nitrogens with one attached hydrogen (secondary N) is 3. The predicted molar refractivity (Wildman–Crippen MR) is 150 cm³/mol. The first-order chi connectivity index (χ1) is 18.2. The number of hydrogen-bond acceptors (Lipinski definition) is 8. The number of para-hydroxylation sites is 1. The Balaban J connectivity index is 1.49. The van der Waals surface area contributed by atoms with Gasteiger partial charge in [-0.15, -0.1) is 0 Å². The van der Waals surface area contributed by atoms with E-state index in [-0.39, 0.29) is 28.5 Å². The second-order valence-corrected chi connectivity index (χ2v) is 10.6. The highest BCUT2D eigenvalue weighted by Gasteiger charge is 2.30. The van der Waals surface area contributed by atoms with Crippen LogP contribution in [-0.4, -0.2) is 61.1 Å². The fourth-order valence-corrected chi connectivity index (χ4v) is 4.74. The number of anilines is 1. The van der Waals surface area contributed by atoms with Gasteiger partial charge in [-0.2, -0.15) is 0 Å². The lowest BCUT2D eigenvalue weighted by Gasteiger charge is -2.34. The van der Waals surface area contributed by atoms with Crippen molar-refractivity contribution in [2.45, 2.75) is 39.0 Å². The number of amides is 1. The molecule has 2 atom stereocenters. The molecular weight excluding hydrogens is 528 g/mol. The summed E-state index contributed by atoms with van der Waals surface area (Å²) in [5.74, 6) is 0.831. The van der Waals surface area contributed by atoms with E-state index in [2.05, 4.69) is 20.9 Å². The van der Waals surface area contributed by atoms with E-state index in [0.29, 0.717) is 60.7 Å². The molecule has 3 N–H and O–H groups in total. The first kappa shape index (κ1) is 28.1. The molecule has 9 nitrogen and oxygen atoms in total. The Morgan fingerprint density at radius 3 is 2.89 bits per heavy atom. The van der Waals surface area contributed by atoms with Crippen LogP contribution in [0.3, 0.4) is 0 Å². The number of aromatic nitrogens is 1. The van der Waals surface area contributed by atoms with Crippen molar-refractivity contribution in [1.29, 1.82) is 0 Å². The van der Waals surface area contributed by atoms with E-state index in [9.17, 15) is 4.79 Å². The van der Waals surface area contributed by atoms with E-state index < -0.39 is 0 Å². The third kappa shape index (κ3) is 6.74. The Morgan fingerprint density at radius 1 is 1.34 bits per heavy atom. The summed E-state index contributed by atoms with van der Waals surface area (Å²) >= 11 is 11.9. The first-order valence-electron chi connectivity index (χ1n) is 12.4. The molecule has 4 rings (SSSR count). The van der Waals surface area contributed by atoms with Crippen LogP contribution in [0, 0.1) is 5.92 Å². The molecule has 0 aliphatic carbocycles.